The van der Waals surface area contributed by atoms with E-state index in [4.69, 9.17) is 0 Å². The molecule has 0 aliphatic carbocycles. The van der Waals surface area contributed by atoms with E-state index >= 15 is 0 Å². The number of benzene rings is 4. The Hall–Kier alpha value is -2.48. The first kappa shape index (κ1) is 27.1. The second-order valence-electron chi connectivity index (χ2n) is 9.29. The first-order valence-corrected chi connectivity index (χ1v) is 12.7. The van der Waals surface area contributed by atoms with Gasteiger partial charge >= 0.3 is 23.1 Å². The van der Waals surface area contributed by atoms with Crippen molar-refractivity contribution in [2.24, 2.45) is 0 Å². The van der Waals surface area contributed by atoms with E-state index in [0.717, 1.165) is 32.1 Å². The first-order chi connectivity index (χ1) is 16.8. The van der Waals surface area contributed by atoms with Gasteiger partial charge in [0.05, 0.1) is 0 Å². The third-order valence-electron chi connectivity index (χ3n) is 6.94. The molecule has 0 aliphatic rings. The van der Waals surface area contributed by atoms with Gasteiger partial charge in [0.1, 0.15) is 0 Å². The van der Waals surface area contributed by atoms with Crippen molar-refractivity contribution in [3.05, 3.63) is 157 Å². The molecular weight excluding hydrogens is 433 g/mol. The summed E-state index contributed by atoms with van der Waals surface area (Å²) in [7, 11) is 0. The fraction of sp³-hybridized carbons (Fsp3) is 0.235. The second-order valence-corrected chi connectivity index (χ2v) is 9.29. The third kappa shape index (κ3) is 8.30. The summed E-state index contributed by atoms with van der Waals surface area (Å²) in [6.07, 6.45) is 7.83. The fourth-order valence-corrected chi connectivity index (χ4v) is 5.13. The fourth-order valence-electron chi connectivity index (χ4n) is 5.13. The quantitative estimate of drug-likeness (QED) is 0.144. The maximum Gasteiger partial charge on any atom is 2.00 e. The molecule has 0 aliphatic heterocycles. The molecule has 0 N–H and O–H groups in total. The molecule has 0 nitrogen and oxygen atoms in total. The molecular formula is C34H36Mg. The molecule has 0 bridgehead atoms. The molecule has 4 rings (SSSR count). The largest absolute Gasteiger partial charge is 2.00 e. The van der Waals surface area contributed by atoms with E-state index in [-0.39, 0.29) is 23.1 Å². The normalized spacial score (nSPS) is 13.3. The van der Waals surface area contributed by atoms with Crippen molar-refractivity contribution in [1.29, 1.82) is 0 Å². The summed E-state index contributed by atoms with van der Waals surface area (Å²) in [6, 6.07) is 44.0. The van der Waals surface area contributed by atoms with Crippen LogP contribution < -0.4 is 0 Å². The maximum atomic E-state index is 4.20. The topological polar surface area (TPSA) is 0 Å². The van der Waals surface area contributed by atoms with Crippen molar-refractivity contribution in [2.45, 2.75) is 49.9 Å². The van der Waals surface area contributed by atoms with Crippen molar-refractivity contribution in [1.82, 2.24) is 0 Å². The molecule has 3 atom stereocenters. The summed E-state index contributed by atoms with van der Waals surface area (Å²) in [5, 5.41) is 0. The summed E-state index contributed by atoms with van der Waals surface area (Å²) in [5.41, 5.74) is 5.63. The molecule has 0 saturated carbocycles. The SMILES string of the molecule is [CH2-]CCC(CC(CC(C[CH-]c1ccccc1)c1ccccc1)c1ccccc1)c1ccccc1.[Mg+2]. The predicted octanol–water partition coefficient (Wildman–Crippen LogP) is 8.99. The summed E-state index contributed by atoms with van der Waals surface area (Å²) in [4.78, 5) is 0. The van der Waals surface area contributed by atoms with Crippen LogP contribution in [0.4, 0.5) is 0 Å². The molecule has 174 valence electrons. The molecule has 0 fully saturated rings. The van der Waals surface area contributed by atoms with E-state index in [1.807, 2.05) is 0 Å². The Morgan fingerprint density at radius 2 is 0.914 bits per heavy atom. The Morgan fingerprint density at radius 1 is 0.514 bits per heavy atom. The number of hydrogen-bond donors (Lipinski definition) is 0. The Labute approximate surface area is 229 Å². The van der Waals surface area contributed by atoms with Crippen LogP contribution in [0.15, 0.2) is 121 Å². The van der Waals surface area contributed by atoms with Crippen LogP contribution in [-0.2, 0) is 0 Å². The van der Waals surface area contributed by atoms with Gasteiger partial charge in [-0.1, -0.05) is 110 Å². The average Bonchev–Trinajstić information content (AvgIpc) is 2.92. The van der Waals surface area contributed by atoms with Gasteiger partial charge in [0.25, 0.3) is 0 Å². The van der Waals surface area contributed by atoms with Crippen LogP contribution in [0.2, 0.25) is 0 Å². The molecule has 0 aromatic heterocycles. The Morgan fingerprint density at radius 3 is 1.40 bits per heavy atom. The van der Waals surface area contributed by atoms with Crippen LogP contribution >= 0.6 is 0 Å². The summed E-state index contributed by atoms with van der Waals surface area (Å²) in [6.45, 7) is 4.20. The molecule has 4 aromatic rings. The van der Waals surface area contributed by atoms with E-state index in [1.165, 1.54) is 22.3 Å². The van der Waals surface area contributed by atoms with Crippen LogP contribution in [0.5, 0.6) is 0 Å². The molecule has 1 heteroatoms. The van der Waals surface area contributed by atoms with E-state index in [2.05, 4.69) is 135 Å². The predicted molar refractivity (Wildman–Crippen MR) is 152 cm³/mol. The van der Waals surface area contributed by atoms with Gasteiger partial charge in [-0.05, 0) is 47.3 Å². The van der Waals surface area contributed by atoms with Gasteiger partial charge in [0.2, 0.25) is 0 Å². The van der Waals surface area contributed by atoms with Gasteiger partial charge in [-0.15, -0.1) is 12.1 Å². The van der Waals surface area contributed by atoms with Crippen molar-refractivity contribution < 1.29 is 0 Å². The minimum atomic E-state index is 0. The summed E-state index contributed by atoms with van der Waals surface area (Å²) >= 11 is 0. The average molecular weight is 469 g/mol. The molecule has 3 unspecified atom stereocenters. The van der Waals surface area contributed by atoms with Gasteiger partial charge in [0.15, 0.2) is 0 Å². The molecule has 35 heavy (non-hydrogen) atoms. The standard InChI is InChI=1S/C34H36.Mg/c1-2-15-32(29-18-9-4-10-19-29)26-34(31-22-13-6-14-23-31)27-33(30-20-11-5-12-21-30)25-24-28-16-7-3-8-17-28;/h3-14,16-24,32-34H,1-2,15,25-27H2;/q-2;+2. The van der Waals surface area contributed by atoms with E-state index < -0.39 is 0 Å². The second kappa shape index (κ2) is 14.8. The molecule has 0 heterocycles. The Bertz CT molecular complexity index is 1060. The molecule has 0 spiro atoms. The van der Waals surface area contributed by atoms with Gasteiger partial charge < -0.3 is 6.92 Å². The van der Waals surface area contributed by atoms with Crippen LogP contribution in [0.1, 0.15) is 72.1 Å². The van der Waals surface area contributed by atoms with E-state index in [1.54, 1.807) is 0 Å². The zero-order valence-electron chi connectivity index (χ0n) is 20.8. The van der Waals surface area contributed by atoms with Gasteiger partial charge in [-0.3, -0.25) is 0 Å². The van der Waals surface area contributed by atoms with Crippen molar-refractivity contribution in [2.75, 3.05) is 0 Å². The third-order valence-corrected chi connectivity index (χ3v) is 6.94. The van der Waals surface area contributed by atoms with Gasteiger partial charge in [-0.25, -0.2) is 0 Å². The summed E-state index contributed by atoms with van der Waals surface area (Å²) < 4.78 is 0. The van der Waals surface area contributed by atoms with Crippen molar-refractivity contribution in [3.8, 4) is 0 Å². The van der Waals surface area contributed by atoms with Crippen molar-refractivity contribution in [3.63, 3.8) is 0 Å². The van der Waals surface area contributed by atoms with E-state index in [9.17, 15) is 0 Å². The van der Waals surface area contributed by atoms with E-state index in [0.29, 0.717) is 17.8 Å². The van der Waals surface area contributed by atoms with Crippen LogP contribution in [-0.4, -0.2) is 23.1 Å². The van der Waals surface area contributed by atoms with Gasteiger partial charge in [-0.2, -0.15) is 30.5 Å². The monoisotopic (exact) mass is 468 g/mol. The maximum absolute atomic E-state index is 4.20. The number of hydrogen-bond acceptors (Lipinski definition) is 0. The molecule has 0 amide bonds. The van der Waals surface area contributed by atoms with Crippen LogP contribution in [0, 0.1) is 13.3 Å². The summed E-state index contributed by atoms with van der Waals surface area (Å²) in [5.74, 6) is 1.49. The minimum absolute atomic E-state index is 0. The molecule has 0 saturated heterocycles. The Kier molecular flexibility index (Phi) is 11.5. The minimum Gasteiger partial charge on any atom is -0.343 e. The number of rotatable bonds is 12. The van der Waals surface area contributed by atoms with Crippen molar-refractivity contribution >= 4 is 23.1 Å². The Balaban J connectivity index is 0.00000342. The zero-order chi connectivity index (χ0) is 23.4. The van der Waals surface area contributed by atoms with Crippen LogP contribution in [0.3, 0.4) is 0 Å². The van der Waals surface area contributed by atoms with Gasteiger partial charge in [0, 0.05) is 0 Å². The molecule has 0 radical (unpaired) electrons. The van der Waals surface area contributed by atoms with Crippen LogP contribution in [0.25, 0.3) is 0 Å². The smallest absolute Gasteiger partial charge is 0.343 e. The first-order valence-electron chi connectivity index (χ1n) is 12.7. The zero-order valence-corrected chi connectivity index (χ0v) is 22.2. The molecule has 4 aromatic carbocycles.